The third-order valence-corrected chi connectivity index (χ3v) is 4.64. The van der Waals surface area contributed by atoms with E-state index in [2.05, 4.69) is 23.1 Å². The fraction of sp³-hybridized carbons (Fsp3) is 0.0476. The van der Waals surface area contributed by atoms with Crippen LogP contribution in [-0.4, -0.2) is 22.1 Å². The number of benzene rings is 3. The van der Waals surface area contributed by atoms with Crippen LogP contribution in [-0.2, 0) is 6.42 Å². The molecule has 0 heterocycles. The van der Waals surface area contributed by atoms with Crippen LogP contribution in [0.5, 0.6) is 5.75 Å². The maximum absolute atomic E-state index is 14.3. The normalized spacial score (nSPS) is 11.3. The molecule has 8 heteroatoms. The number of hydrogen-bond donors (Lipinski definition) is 5. The molecule has 0 aliphatic heterocycles. The summed E-state index contributed by atoms with van der Waals surface area (Å²) in [5.74, 6) is -1.02. The third-order valence-electron chi connectivity index (χ3n) is 4.26. The van der Waals surface area contributed by atoms with Crippen molar-refractivity contribution in [3.63, 3.8) is 0 Å². The summed E-state index contributed by atoms with van der Waals surface area (Å²) in [5, 5.41) is 24.3. The number of halogens is 1. The second-order valence-electron chi connectivity index (χ2n) is 6.28. The Morgan fingerprint density at radius 1 is 1.10 bits per heavy atom. The number of thiol groups is 1. The summed E-state index contributed by atoms with van der Waals surface area (Å²) in [6, 6.07) is 15.5. The molecule has 0 aliphatic rings. The van der Waals surface area contributed by atoms with E-state index < -0.39 is 11.7 Å². The summed E-state index contributed by atoms with van der Waals surface area (Å²) in [5.41, 5.74) is 7.82. The lowest BCUT2D eigenvalue weighted by Gasteiger charge is -2.13. The number of rotatable bonds is 5. The number of oxime groups is 1. The number of nitrogens with one attached hydrogen (secondary N) is 1. The molecule has 3 aromatic carbocycles. The molecule has 0 saturated heterocycles. The topological polar surface area (TPSA) is 108 Å². The number of phenolic OH excluding ortho intramolecular Hbond substituents is 1. The number of amides is 1. The van der Waals surface area contributed by atoms with Gasteiger partial charge in [-0.3, -0.25) is 4.79 Å². The highest BCUT2D eigenvalue weighted by atomic mass is 32.1. The zero-order valence-electron chi connectivity index (χ0n) is 15.1. The van der Waals surface area contributed by atoms with Gasteiger partial charge >= 0.3 is 0 Å². The van der Waals surface area contributed by atoms with E-state index in [1.54, 1.807) is 36.4 Å². The van der Waals surface area contributed by atoms with Crippen molar-refractivity contribution in [2.45, 2.75) is 11.3 Å². The van der Waals surface area contributed by atoms with Gasteiger partial charge in [-0.2, -0.15) is 0 Å². The highest BCUT2D eigenvalue weighted by Crippen LogP contribution is 2.29. The number of hydrogen-bond acceptors (Lipinski definition) is 5. The standard InChI is InChI=1S/C21H18FN3O3S/c22-17-4-2-1-3-16(17)15-7-6-14(9-13(15)11-20(23)25-28)24-21(27)12-5-8-19(29)18(26)10-12/h1-10,26,28-29H,11H2,(H2,23,25)(H,24,27). The Morgan fingerprint density at radius 3 is 2.55 bits per heavy atom. The van der Waals surface area contributed by atoms with Crippen LogP contribution < -0.4 is 11.1 Å². The molecule has 29 heavy (non-hydrogen) atoms. The van der Waals surface area contributed by atoms with E-state index >= 15 is 0 Å². The fourth-order valence-electron chi connectivity index (χ4n) is 2.86. The third kappa shape index (κ3) is 4.67. The summed E-state index contributed by atoms with van der Waals surface area (Å²) in [4.78, 5) is 12.8. The van der Waals surface area contributed by atoms with Crippen LogP contribution in [0.15, 0.2) is 70.7 Å². The lowest BCUT2D eigenvalue weighted by Crippen LogP contribution is -2.16. The highest BCUT2D eigenvalue weighted by Gasteiger charge is 2.14. The fourth-order valence-corrected chi connectivity index (χ4v) is 3.00. The summed E-state index contributed by atoms with van der Waals surface area (Å²) >= 11 is 4.07. The molecule has 1 amide bonds. The van der Waals surface area contributed by atoms with Crippen LogP contribution in [0.2, 0.25) is 0 Å². The summed E-state index contributed by atoms with van der Waals surface area (Å²) in [6.07, 6.45) is 0.0546. The first-order chi connectivity index (χ1) is 13.9. The number of phenols is 1. The van der Waals surface area contributed by atoms with Crippen molar-refractivity contribution in [1.29, 1.82) is 0 Å². The molecule has 0 spiro atoms. The summed E-state index contributed by atoms with van der Waals surface area (Å²) in [6.45, 7) is 0. The zero-order valence-corrected chi connectivity index (χ0v) is 16.0. The van der Waals surface area contributed by atoms with Crippen LogP contribution in [0.3, 0.4) is 0 Å². The smallest absolute Gasteiger partial charge is 0.255 e. The van der Waals surface area contributed by atoms with E-state index in [4.69, 9.17) is 10.9 Å². The molecule has 0 atom stereocenters. The van der Waals surface area contributed by atoms with Crippen molar-refractivity contribution in [3.8, 4) is 16.9 Å². The van der Waals surface area contributed by atoms with Gasteiger partial charge in [0, 0.05) is 28.1 Å². The van der Waals surface area contributed by atoms with E-state index in [1.165, 1.54) is 24.3 Å². The molecule has 3 rings (SSSR count). The number of nitrogens with zero attached hydrogens (tertiary/aromatic N) is 1. The maximum atomic E-state index is 14.3. The Bertz CT molecular complexity index is 1100. The lowest BCUT2D eigenvalue weighted by atomic mass is 9.96. The van der Waals surface area contributed by atoms with Gasteiger partial charge in [0.25, 0.3) is 5.91 Å². The molecular weight excluding hydrogens is 393 g/mol. The number of carbonyl (C=O) groups is 1. The minimum atomic E-state index is -0.443. The van der Waals surface area contributed by atoms with Gasteiger partial charge in [-0.25, -0.2) is 4.39 Å². The van der Waals surface area contributed by atoms with Gasteiger partial charge in [-0.1, -0.05) is 29.4 Å². The number of anilines is 1. The van der Waals surface area contributed by atoms with Gasteiger partial charge in [0.15, 0.2) is 0 Å². The molecule has 0 unspecified atom stereocenters. The van der Waals surface area contributed by atoms with Crippen molar-refractivity contribution in [2.75, 3.05) is 5.32 Å². The second kappa shape index (κ2) is 8.66. The molecule has 3 aromatic rings. The van der Waals surface area contributed by atoms with Crippen LogP contribution in [0.1, 0.15) is 15.9 Å². The van der Waals surface area contributed by atoms with Crippen LogP contribution >= 0.6 is 12.6 Å². The average Bonchev–Trinajstić information content (AvgIpc) is 2.71. The Labute approximate surface area is 171 Å². The number of carbonyl (C=O) groups excluding carboxylic acids is 1. The molecule has 0 bridgehead atoms. The number of aromatic hydroxyl groups is 1. The van der Waals surface area contributed by atoms with E-state index in [0.717, 1.165) is 0 Å². The van der Waals surface area contributed by atoms with E-state index in [-0.39, 0.29) is 23.6 Å². The van der Waals surface area contributed by atoms with Gasteiger partial charge in [0.1, 0.15) is 17.4 Å². The first-order valence-electron chi connectivity index (χ1n) is 8.56. The predicted octanol–water partition coefficient (Wildman–Crippen LogP) is 4.03. The molecule has 0 aromatic heterocycles. The lowest BCUT2D eigenvalue weighted by molar-refractivity contribution is 0.102. The molecule has 6 nitrogen and oxygen atoms in total. The van der Waals surface area contributed by atoms with Crippen LogP contribution in [0.4, 0.5) is 10.1 Å². The second-order valence-corrected chi connectivity index (χ2v) is 6.76. The minimum absolute atomic E-state index is 0.0546. The van der Waals surface area contributed by atoms with Crippen molar-refractivity contribution >= 4 is 30.1 Å². The number of nitrogens with two attached hydrogens (primary N) is 1. The van der Waals surface area contributed by atoms with Crippen molar-refractivity contribution in [1.82, 2.24) is 0 Å². The highest BCUT2D eigenvalue weighted by molar-refractivity contribution is 7.80. The molecule has 0 fully saturated rings. The predicted molar refractivity (Wildman–Crippen MR) is 112 cm³/mol. The molecule has 5 N–H and O–H groups in total. The van der Waals surface area contributed by atoms with Crippen molar-refractivity contribution < 1.29 is 19.5 Å². The molecule has 148 valence electrons. The Hall–Kier alpha value is -3.52. The van der Waals surface area contributed by atoms with Crippen molar-refractivity contribution in [2.24, 2.45) is 10.9 Å². The molecule has 0 aliphatic carbocycles. The summed E-state index contributed by atoms with van der Waals surface area (Å²) in [7, 11) is 0. The van der Waals surface area contributed by atoms with E-state index in [9.17, 15) is 14.3 Å². The van der Waals surface area contributed by atoms with Gasteiger partial charge in [0.05, 0.1) is 0 Å². The van der Waals surface area contributed by atoms with Crippen LogP contribution in [0, 0.1) is 5.82 Å². The molecule has 0 saturated carbocycles. The average molecular weight is 411 g/mol. The summed E-state index contributed by atoms with van der Waals surface area (Å²) < 4.78 is 14.3. The quantitative estimate of drug-likeness (QED) is 0.144. The van der Waals surface area contributed by atoms with Crippen molar-refractivity contribution in [3.05, 3.63) is 77.6 Å². The number of amidine groups is 1. The van der Waals surface area contributed by atoms with Gasteiger partial charge in [-0.05, 0) is 47.5 Å². The molecule has 0 radical (unpaired) electrons. The van der Waals surface area contributed by atoms with Gasteiger partial charge in [0.2, 0.25) is 0 Å². The monoisotopic (exact) mass is 411 g/mol. The maximum Gasteiger partial charge on any atom is 0.255 e. The Balaban J connectivity index is 1.96. The Kier molecular flexibility index (Phi) is 6.04. The Morgan fingerprint density at radius 2 is 1.86 bits per heavy atom. The minimum Gasteiger partial charge on any atom is -0.507 e. The van der Waals surface area contributed by atoms with E-state index in [0.29, 0.717) is 27.3 Å². The van der Waals surface area contributed by atoms with Crippen LogP contribution in [0.25, 0.3) is 11.1 Å². The molecular formula is C21H18FN3O3S. The largest absolute Gasteiger partial charge is 0.507 e. The first kappa shape index (κ1) is 20.2. The van der Waals surface area contributed by atoms with E-state index in [1.807, 2.05) is 0 Å². The first-order valence-corrected chi connectivity index (χ1v) is 9.01. The zero-order chi connectivity index (χ0) is 21.0. The van der Waals surface area contributed by atoms with Gasteiger partial charge < -0.3 is 21.4 Å². The SMILES string of the molecule is N/C(Cc1cc(NC(=O)c2ccc(S)c(O)c2)ccc1-c1ccccc1F)=N\O. The van der Waals surface area contributed by atoms with Gasteiger partial charge in [-0.15, -0.1) is 12.6 Å².